The minimum atomic E-state index is -1.06. The Morgan fingerprint density at radius 3 is 2.08 bits per heavy atom. The SMILES string of the molecule is CC(C)(C)[C@H](NC(=O)NC1(CN2CCNCC2(C)C)CCCCC1)C(=O)N1C[C@]2(C[C@H]1C(=O)NC(CC1CCC1)C(=O)C(N)=O)C(C)(C)C21CCC1. The van der Waals surface area contributed by atoms with Crippen molar-refractivity contribution in [1.82, 2.24) is 31.1 Å². The Hall–Kier alpha value is -2.73. The molecule has 0 aromatic carbocycles. The van der Waals surface area contributed by atoms with E-state index in [1.54, 1.807) is 4.90 Å². The van der Waals surface area contributed by atoms with Gasteiger partial charge in [-0.15, -0.1) is 0 Å². The minimum Gasteiger partial charge on any atom is -0.363 e. The quantitative estimate of drug-likeness (QED) is 0.203. The van der Waals surface area contributed by atoms with Crippen LogP contribution in [0.3, 0.4) is 0 Å². The molecule has 2 saturated heterocycles. The Kier molecular flexibility index (Phi) is 10.4. The first-order valence-electron chi connectivity index (χ1n) is 20.3. The van der Waals surface area contributed by atoms with E-state index in [4.69, 9.17) is 5.73 Å². The number of likely N-dealkylation sites (tertiary alicyclic amines) is 1. The maximum atomic E-state index is 15.0. The molecule has 4 saturated carbocycles. The van der Waals surface area contributed by atoms with Crippen LogP contribution in [0.4, 0.5) is 4.79 Å². The number of primary amides is 1. The van der Waals surface area contributed by atoms with Crippen LogP contribution in [-0.2, 0) is 19.2 Å². The van der Waals surface area contributed by atoms with Crippen LogP contribution in [0.5, 0.6) is 0 Å². The fraction of sp³-hybridized carbons (Fsp3) is 0.875. The minimum absolute atomic E-state index is 0.0423. The van der Waals surface area contributed by atoms with E-state index >= 15 is 0 Å². The second-order valence-corrected chi connectivity index (χ2v) is 19.8. The number of carbonyl (C=O) groups is 5. The zero-order valence-electron chi connectivity index (χ0n) is 33.1. The lowest BCUT2D eigenvalue weighted by Crippen LogP contribution is -2.67. The Balaban J connectivity index is 1.24. The molecule has 2 spiro atoms. The van der Waals surface area contributed by atoms with Crippen LogP contribution in [0, 0.1) is 27.6 Å². The van der Waals surface area contributed by atoms with Crippen LogP contribution >= 0.6 is 0 Å². The summed E-state index contributed by atoms with van der Waals surface area (Å²) in [7, 11) is 0. The third-order valence-electron chi connectivity index (χ3n) is 15.1. The van der Waals surface area contributed by atoms with Gasteiger partial charge in [-0.25, -0.2) is 4.79 Å². The summed E-state index contributed by atoms with van der Waals surface area (Å²) in [6.07, 6.45) is 12.1. The molecule has 52 heavy (non-hydrogen) atoms. The van der Waals surface area contributed by atoms with E-state index in [2.05, 4.69) is 53.9 Å². The number of ketones is 1. The first-order chi connectivity index (χ1) is 24.3. The Morgan fingerprint density at radius 2 is 1.56 bits per heavy atom. The number of fused-ring (bicyclic) bond motifs is 1. The van der Waals surface area contributed by atoms with Crippen molar-refractivity contribution in [1.29, 1.82) is 0 Å². The number of hydrogen-bond donors (Lipinski definition) is 5. The first kappa shape index (κ1) is 39.0. The molecule has 0 radical (unpaired) electrons. The van der Waals surface area contributed by atoms with Crippen LogP contribution in [-0.4, -0.2) is 101 Å². The van der Waals surface area contributed by atoms with Crippen LogP contribution < -0.4 is 27.0 Å². The van der Waals surface area contributed by atoms with Gasteiger partial charge in [0.15, 0.2) is 0 Å². The van der Waals surface area contributed by atoms with Crippen molar-refractivity contribution in [2.75, 3.05) is 32.7 Å². The van der Waals surface area contributed by atoms with Crippen molar-refractivity contribution < 1.29 is 24.0 Å². The lowest BCUT2D eigenvalue weighted by Gasteiger charge is -2.49. The molecule has 1 unspecified atom stereocenters. The highest BCUT2D eigenvalue weighted by Gasteiger charge is 2.85. The molecule has 292 valence electrons. The number of urea groups is 1. The Bertz CT molecular complexity index is 1420. The van der Waals surface area contributed by atoms with E-state index in [0.29, 0.717) is 19.4 Å². The second kappa shape index (κ2) is 13.8. The van der Waals surface area contributed by atoms with Crippen LogP contribution in [0.15, 0.2) is 0 Å². The summed E-state index contributed by atoms with van der Waals surface area (Å²) in [6.45, 7) is 18.7. The highest BCUT2D eigenvalue weighted by molar-refractivity contribution is 6.37. The fourth-order valence-electron chi connectivity index (χ4n) is 11.3. The van der Waals surface area contributed by atoms with Crippen molar-refractivity contribution in [3.05, 3.63) is 0 Å². The highest BCUT2D eigenvalue weighted by Crippen LogP contribution is 2.88. The van der Waals surface area contributed by atoms with Crippen LogP contribution in [0.1, 0.15) is 132 Å². The molecule has 0 bridgehead atoms. The van der Waals surface area contributed by atoms with E-state index in [1.165, 1.54) is 0 Å². The van der Waals surface area contributed by atoms with Gasteiger partial charge in [0.1, 0.15) is 12.1 Å². The molecule has 6 N–H and O–H groups in total. The van der Waals surface area contributed by atoms with Gasteiger partial charge in [0.2, 0.25) is 17.6 Å². The molecule has 6 fully saturated rings. The summed E-state index contributed by atoms with van der Waals surface area (Å²) >= 11 is 0. The van der Waals surface area contributed by atoms with Crippen LogP contribution in [0.25, 0.3) is 0 Å². The largest absolute Gasteiger partial charge is 0.363 e. The molecule has 6 rings (SSSR count). The molecule has 4 aliphatic carbocycles. The lowest BCUT2D eigenvalue weighted by molar-refractivity contribution is -0.143. The zero-order chi connectivity index (χ0) is 37.9. The average molecular weight is 726 g/mol. The number of rotatable bonds is 11. The Morgan fingerprint density at radius 1 is 0.885 bits per heavy atom. The molecule has 0 aromatic rings. The van der Waals surface area contributed by atoms with Gasteiger partial charge in [-0.1, -0.05) is 79.6 Å². The van der Waals surface area contributed by atoms with Gasteiger partial charge in [-0.05, 0) is 74.5 Å². The lowest BCUT2D eigenvalue weighted by atomic mass is 9.73. The molecular formula is C40H67N7O5. The average Bonchev–Trinajstić information content (AvgIpc) is 3.24. The van der Waals surface area contributed by atoms with Crippen molar-refractivity contribution in [2.24, 2.45) is 33.3 Å². The van der Waals surface area contributed by atoms with E-state index in [0.717, 1.165) is 96.8 Å². The third-order valence-corrected chi connectivity index (χ3v) is 15.1. The van der Waals surface area contributed by atoms with Gasteiger partial charge in [0.05, 0.1) is 11.6 Å². The van der Waals surface area contributed by atoms with Crippen molar-refractivity contribution in [2.45, 2.75) is 161 Å². The number of Topliss-reactive ketones (excluding diaryl/α,β-unsaturated/α-hetero) is 1. The standard InChI is InChI=1S/C40H67N7O5/c1-35(2,3)30(44-34(52)45-38(15-9-8-10-16-38)24-46-20-19-42-23-36(46,4)5)33(51)47-25-40(37(6,7)39(40)17-12-18-39)22-28(47)32(50)43-27(29(48)31(41)49)21-26-13-11-14-26/h26-28,30,42H,8-25H2,1-7H3,(H2,41,49)(H,43,50)(H2,44,45,52)/t27?,28-,30+,40+/m0/s1. The predicted octanol–water partition coefficient (Wildman–Crippen LogP) is 3.61. The summed E-state index contributed by atoms with van der Waals surface area (Å²) < 4.78 is 0. The molecule has 12 heteroatoms. The molecule has 6 aliphatic rings. The third kappa shape index (κ3) is 6.77. The zero-order valence-corrected chi connectivity index (χ0v) is 33.1. The molecule has 2 heterocycles. The highest BCUT2D eigenvalue weighted by atomic mass is 16.2. The number of piperazine rings is 1. The van der Waals surface area contributed by atoms with E-state index in [-0.39, 0.29) is 39.6 Å². The molecule has 0 aromatic heterocycles. The number of hydrogen-bond acceptors (Lipinski definition) is 7. The summed E-state index contributed by atoms with van der Waals surface area (Å²) in [5, 5.41) is 13.0. The summed E-state index contributed by atoms with van der Waals surface area (Å²) in [6, 6.07) is -3.09. The van der Waals surface area contributed by atoms with Gasteiger partial charge in [0.25, 0.3) is 5.91 Å². The molecule has 12 nitrogen and oxygen atoms in total. The van der Waals surface area contributed by atoms with E-state index < -0.39 is 46.7 Å². The second-order valence-electron chi connectivity index (χ2n) is 19.8. The van der Waals surface area contributed by atoms with Gasteiger partial charge in [0, 0.05) is 43.7 Å². The van der Waals surface area contributed by atoms with E-state index in [1.807, 2.05) is 20.8 Å². The van der Waals surface area contributed by atoms with Crippen molar-refractivity contribution in [3.8, 4) is 0 Å². The van der Waals surface area contributed by atoms with Crippen molar-refractivity contribution in [3.63, 3.8) is 0 Å². The monoisotopic (exact) mass is 726 g/mol. The van der Waals surface area contributed by atoms with Crippen LogP contribution in [0.2, 0.25) is 0 Å². The molecule has 2 aliphatic heterocycles. The smallest absolute Gasteiger partial charge is 0.315 e. The predicted molar refractivity (Wildman–Crippen MR) is 200 cm³/mol. The summed E-state index contributed by atoms with van der Waals surface area (Å²) in [5.74, 6) is -2.30. The number of carbonyl (C=O) groups excluding carboxylic acids is 5. The fourth-order valence-corrected chi connectivity index (χ4v) is 11.3. The summed E-state index contributed by atoms with van der Waals surface area (Å²) in [5.41, 5.74) is 4.11. The topological polar surface area (TPSA) is 166 Å². The molecule has 4 atom stereocenters. The van der Waals surface area contributed by atoms with Gasteiger partial charge < -0.3 is 31.9 Å². The van der Waals surface area contributed by atoms with Gasteiger partial charge in [-0.2, -0.15) is 0 Å². The van der Waals surface area contributed by atoms with Gasteiger partial charge >= 0.3 is 6.03 Å². The van der Waals surface area contributed by atoms with Gasteiger partial charge in [-0.3, -0.25) is 24.1 Å². The first-order valence-corrected chi connectivity index (χ1v) is 20.3. The molecular weight excluding hydrogens is 658 g/mol. The number of amides is 5. The number of nitrogens with two attached hydrogens (primary N) is 1. The number of nitrogens with one attached hydrogen (secondary N) is 4. The molecule has 5 amide bonds. The maximum absolute atomic E-state index is 15.0. The van der Waals surface area contributed by atoms with E-state index in [9.17, 15) is 24.0 Å². The summed E-state index contributed by atoms with van der Waals surface area (Å²) in [4.78, 5) is 72.7. The Labute approximate surface area is 311 Å². The normalized spacial score (nSPS) is 30.1. The number of nitrogens with zero attached hydrogens (tertiary/aromatic N) is 2. The maximum Gasteiger partial charge on any atom is 0.315 e. The van der Waals surface area contributed by atoms with Crippen molar-refractivity contribution >= 4 is 29.5 Å².